The number of ether oxygens (including phenoxy) is 2. The lowest BCUT2D eigenvalue weighted by Crippen LogP contribution is -2.25. The summed E-state index contributed by atoms with van der Waals surface area (Å²) < 4.78 is 10.8. The van der Waals surface area contributed by atoms with Crippen LogP contribution in [-0.4, -0.2) is 54.8 Å². The van der Waals surface area contributed by atoms with Gasteiger partial charge in [-0.1, -0.05) is 0 Å². The van der Waals surface area contributed by atoms with E-state index in [0.29, 0.717) is 24.9 Å². The summed E-state index contributed by atoms with van der Waals surface area (Å²) in [5.41, 5.74) is 0. The predicted octanol–water partition coefficient (Wildman–Crippen LogP) is 1.53. The van der Waals surface area contributed by atoms with Crippen LogP contribution in [0.1, 0.15) is 25.6 Å². The van der Waals surface area contributed by atoms with Gasteiger partial charge in [0.05, 0.1) is 0 Å². The standard InChI is InChI=1S/C14H24N4O2/c1-3-15-12-10-14(17-13(16-12)11-19-2)20-9-8-18-6-4-5-7-18/h10H,3-9,11H2,1-2H3,(H,15,16,17). The maximum absolute atomic E-state index is 5.75. The molecular weight excluding hydrogens is 256 g/mol. The fourth-order valence-electron chi connectivity index (χ4n) is 2.30. The molecule has 20 heavy (non-hydrogen) atoms. The molecule has 0 amide bonds. The second kappa shape index (κ2) is 8.01. The molecule has 0 atom stereocenters. The van der Waals surface area contributed by atoms with Gasteiger partial charge in [0, 0.05) is 26.3 Å². The van der Waals surface area contributed by atoms with Crippen LogP contribution in [0.2, 0.25) is 0 Å². The molecular formula is C14H24N4O2. The SMILES string of the molecule is CCNc1cc(OCCN2CCCC2)nc(COC)n1. The van der Waals surface area contributed by atoms with Crippen molar-refractivity contribution in [3.8, 4) is 5.88 Å². The molecule has 1 N–H and O–H groups in total. The summed E-state index contributed by atoms with van der Waals surface area (Å²) in [5, 5.41) is 3.18. The number of likely N-dealkylation sites (tertiary alicyclic amines) is 1. The van der Waals surface area contributed by atoms with Crippen molar-refractivity contribution in [2.75, 3.05) is 45.2 Å². The summed E-state index contributed by atoms with van der Waals surface area (Å²) in [6, 6.07) is 1.84. The smallest absolute Gasteiger partial charge is 0.218 e. The Balaban J connectivity index is 1.90. The van der Waals surface area contributed by atoms with E-state index in [2.05, 4.69) is 20.2 Å². The number of nitrogens with one attached hydrogen (secondary N) is 1. The lowest BCUT2D eigenvalue weighted by molar-refractivity contribution is 0.175. The maximum atomic E-state index is 5.75. The average molecular weight is 280 g/mol. The van der Waals surface area contributed by atoms with Gasteiger partial charge in [0.15, 0.2) is 5.82 Å². The topological polar surface area (TPSA) is 59.5 Å². The van der Waals surface area contributed by atoms with E-state index in [1.165, 1.54) is 25.9 Å². The molecule has 1 aliphatic rings. The van der Waals surface area contributed by atoms with Gasteiger partial charge in [0.25, 0.3) is 0 Å². The van der Waals surface area contributed by atoms with Crippen molar-refractivity contribution in [2.24, 2.45) is 0 Å². The minimum Gasteiger partial charge on any atom is -0.476 e. The Bertz CT molecular complexity index is 384. The highest BCUT2D eigenvalue weighted by molar-refractivity contribution is 5.38. The summed E-state index contributed by atoms with van der Waals surface area (Å²) in [7, 11) is 1.64. The van der Waals surface area contributed by atoms with Crippen LogP contribution in [0.15, 0.2) is 6.07 Å². The Labute approximate surface area is 120 Å². The minimum absolute atomic E-state index is 0.391. The van der Waals surface area contributed by atoms with Gasteiger partial charge < -0.3 is 14.8 Å². The first kappa shape index (κ1) is 15.0. The van der Waals surface area contributed by atoms with Crippen LogP contribution in [0.3, 0.4) is 0 Å². The number of methoxy groups -OCH3 is 1. The first-order valence-corrected chi connectivity index (χ1v) is 7.27. The Kier molecular flexibility index (Phi) is 6.01. The zero-order chi connectivity index (χ0) is 14.2. The number of hydrogen-bond donors (Lipinski definition) is 1. The second-order valence-corrected chi connectivity index (χ2v) is 4.87. The maximum Gasteiger partial charge on any atom is 0.218 e. The van der Waals surface area contributed by atoms with Crippen LogP contribution >= 0.6 is 0 Å². The molecule has 1 fully saturated rings. The molecule has 0 aliphatic carbocycles. The Morgan fingerprint density at radius 2 is 2.10 bits per heavy atom. The molecule has 0 spiro atoms. The monoisotopic (exact) mass is 280 g/mol. The molecule has 112 valence electrons. The van der Waals surface area contributed by atoms with Crippen LogP contribution in [0.4, 0.5) is 5.82 Å². The summed E-state index contributed by atoms with van der Waals surface area (Å²) in [5.74, 6) is 2.04. The summed E-state index contributed by atoms with van der Waals surface area (Å²) in [6.07, 6.45) is 2.60. The molecule has 2 rings (SSSR count). The lowest BCUT2D eigenvalue weighted by Gasteiger charge is -2.15. The molecule has 1 saturated heterocycles. The quantitative estimate of drug-likeness (QED) is 0.779. The van der Waals surface area contributed by atoms with Gasteiger partial charge in [0.2, 0.25) is 5.88 Å². The van der Waals surface area contributed by atoms with Crippen molar-refractivity contribution in [1.29, 1.82) is 0 Å². The third-order valence-corrected chi connectivity index (χ3v) is 3.24. The van der Waals surface area contributed by atoms with E-state index in [9.17, 15) is 0 Å². The van der Waals surface area contributed by atoms with E-state index in [4.69, 9.17) is 9.47 Å². The average Bonchev–Trinajstić information content (AvgIpc) is 2.92. The number of aromatic nitrogens is 2. The fraction of sp³-hybridized carbons (Fsp3) is 0.714. The molecule has 0 unspecified atom stereocenters. The molecule has 6 heteroatoms. The number of anilines is 1. The van der Waals surface area contributed by atoms with Crippen molar-refractivity contribution < 1.29 is 9.47 Å². The Morgan fingerprint density at radius 1 is 1.30 bits per heavy atom. The summed E-state index contributed by atoms with van der Waals surface area (Å²) in [4.78, 5) is 11.1. The van der Waals surface area contributed by atoms with Crippen molar-refractivity contribution >= 4 is 5.82 Å². The van der Waals surface area contributed by atoms with E-state index in [1.54, 1.807) is 7.11 Å². The molecule has 2 heterocycles. The lowest BCUT2D eigenvalue weighted by atomic mass is 10.4. The van der Waals surface area contributed by atoms with E-state index >= 15 is 0 Å². The van der Waals surface area contributed by atoms with Crippen LogP contribution < -0.4 is 10.1 Å². The van der Waals surface area contributed by atoms with Gasteiger partial charge in [-0.2, -0.15) is 4.98 Å². The molecule has 1 aromatic heterocycles. The van der Waals surface area contributed by atoms with Gasteiger partial charge in [-0.25, -0.2) is 4.98 Å². The summed E-state index contributed by atoms with van der Waals surface area (Å²) >= 11 is 0. The Hall–Kier alpha value is -1.40. The Morgan fingerprint density at radius 3 is 2.80 bits per heavy atom. The van der Waals surface area contributed by atoms with Crippen molar-refractivity contribution in [3.05, 3.63) is 11.9 Å². The first-order valence-electron chi connectivity index (χ1n) is 7.27. The molecule has 1 aliphatic heterocycles. The van der Waals surface area contributed by atoms with Crippen molar-refractivity contribution in [2.45, 2.75) is 26.4 Å². The normalized spacial score (nSPS) is 15.5. The van der Waals surface area contributed by atoms with Gasteiger partial charge in [-0.15, -0.1) is 0 Å². The molecule has 0 bridgehead atoms. The molecule has 0 aromatic carbocycles. The van der Waals surface area contributed by atoms with Crippen LogP contribution in [-0.2, 0) is 11.3 Å². The highest BCUT2D eigenvalue weighted by Crippen LogP contribution is 2.14. The first-order chi connectivity index (χ1) is 9.81. The van der Waals surface area contributed by atoms with Gasteiger partial charge >= 0.3 is 0 Å². The van der Waals surface area contributed by atoms with Crippen LogP contribution in [0.25, 0.3) is 0 Å². The third kappa shape index (κ3) is 4.61. The largest absolute Gasteiger partial charge is 0.476 e. The van der Waals surface area contributed by atoms with Gasteiger partial charge in [0.1, 0.15) is 19.0 Å². The van der Waals surface area contributed by atoms with E-state index in [-0.39, 0.29) is 0 Å². The van der Waals surface area contributed by atoms with E-state index < -0.39 is 0 Å². The molecule has 1 aromatic rings. The number of hydrogen-bond acceptors (Lipinski definition) is 6. The molecule has 0 saturated carbocycles. The van der Waals surface area contributed by atoms with E-state index in [0.717, 1.165) is 18.9 Å². The van der Waals surface area contributed by atoms with E-state index in [1.807, 2.05) is 13.0 Å². The highest BCUT2D eigenvalue weighted by Gasteiger charge is 2.11. The van der Waals surface area contributed by atoms with Crippen LogP contribution in [0, 0.1) is 0 Å². The molecule has 6 nitrogen and oxygen atoms in total. The summed E-state index contributed by atoms with van der Waals surface area (Å²) in [6.45, 7) is 7.23. The van der Waals surface area contributed by atoms with Gasteiger partial charge in [-0.05, 0) is 32.9 Å². The zero-order valence-corrected chi connectivity index (χ0v) is 12.4. The van der Waals surface area contributed by atoms with Crippen molar-refractivity contribution in [1.82, 2.24) is 14.9 Å². The zero-order valence-electron chi connectivity index (χ0n) is 12.4. The minimum atomic E-state index is 0.391. The fourth-order valence-corrected chi connectivity index (χ4v) is 2.30. The van der Waals surface area contributed by atoms with Crippen molar-refractivity contribution in [3.63, 3.8) is 0 Å². The third-order valence-electron chi connectivity index (χ3n) is 3.24. The highest BCUT2D eigenvalue weighted by atomic mass is 16.5. The predicted molar refractivity (Wildman–Crippen MR) is 78.1 cm³/mol. The number of rotatable bonds is 8. The van der Waals surface area contributed by atoms with Gasteiger partial charge in [-0.3, -0.25) is 4.90 Å². The second-order valence-electron chi connectivity index (χ2n) is 4.87. The van der Waals surface area contributed by atoms with Crippen LogP contribution in [0.5, 0.6) is 5.88 Å². The number of nitrogens with zero attached hydrogens (tertiary/aromatic N) is 3. The molecule has 0 radical (unpaired) electrons.